The van der Waals surface area contributed by atoms with E-state index < -0.39 is 0 Å². The molecule has 0 radical (unpaired) electrons. The van der Waals surface area contributed by atoms with Crippen molar-refractivity contribution >= 4 is 50.2 Å². The van der Waals surface area contributed by atoms with Gasteiger partial charge in [-0.3, -0.25) is 9.59 Å². The number of carbonyl (C=O) groups excluding carboxylic acids is 2. The average molecular weight is 454 g/mol. The highest BCUT2D eigenvalue weighted by molar-refractivity contribution is 14.1. The summed E-state index contributed by atoms with van der Waals surface area (Å²) in [5.74, 6) is -0.681. The van der Waals surface area contributed by atoms with Gasteiger partial charge in [0, 0.05) is 17.6 Å². The number of phenolic OH excluding ortho intramolecular Hbond substituents is 1. The number of rotatable bonds is 3. The van der Waals surface area contributed by atoms with Crippen molar-refractivity contribution in [1.29, 1.82) is 0 Å². The Morgan fingerprint density at radius 1 is 1.35 bits per heavy atom. The molecule has 5 nitrogen and oxygen atoms in total. The molecule has 1 fully saturated rings. The molecule has 108 valence electrons. The normalized spacial score (nSPS) is 15.2. The number of ketones is 1. The third kappa shape index (κ3) is 3.70. The van der Waals surface area contributed by atoms with E-state index in [9.17, 15) is 14.7 Å². The lowest BCUT2D eigenvalue weighted by Gasteiger charge is -2.26. The quantitative estimate of drug-likeness (QED) is 0.433. The minimum atomic E-state index is -0.377. The summed E-state index contributed by atoms with van der Waals surface area (Å²) in [5, 5.41) is 9.92. The average Bonchev–Trinajstić information content (AvgIpc) is 2.43. The number of hydrogen-bond donors (Lipinski definition) is 1. The molecule has 0 aromatic heterocycles. The lowest BCUT2D eigenvalue weighted by Crippen LogP contribution is -2.41. The van der Waals surface area contributed by atoms with Gasteiger partial charge in [-0.1, -0.05) is 15.9 Å². The van der Waals surface area contributed by atoms with Crippen LogP contribution < -0.4 is 0 Å². The molecule has 0 spiro atoms. The third-order valence-electron chi connectivity index (χ3n) is 3.00. The largest absolute Gasteiger partial charge is 0.506 e. The van der Waals surface area contributed by atoms with Crippen LogP contribution in [0.4, 0.5) is 0 Å². The molecule has 0 saturated carbocycles. The lowest BCUT2D eigenvalue weighted by molar-refractivity contribution is -0.134. The standard InChI is InChI=1S/C13H13BrINO4/c14-8-5-9(13(19)10(15)6-8)11(17)7-12(18)16-1-3-20-4-2-16/h5-6,19H,1-4,7H2. The van der Waals surface area contributed by atoms with E-state index in [4.69, 9.17) is 4.74 Å². The highest BCUT2D eigenvalue weighted by Crippen LogP contribution is 2.29. The number of aromatic hydroxyl groups is 1. The molecule has 2 rings (SSSR count). The van der Waals surface area contributed by atoms with Gasteiger partial charge in [0.15, 0.2) is 5.78 Å². The van der Waals surface area contributed by atoms with Gasteiger partial charge in [0.1, 0.15) is 5.75 Å². The number of phenols is 1. The predicted octanol–water partition coefficient (Wildman–Crippen LogP) is 2.19. The zero-order valence-corrected chi connectivity index (χ0v) is 14.3. The number of hydrogen-bond acceptors (Lipinski definition) is 4. The van der Waals surface area contributed by atoms with Gasteiger partial charge >= 0.3 is 0 Å². The Balaban J connectivity index is 2.10. The zero-order chi connectivity index (χ0) is 14.7. The Kier molecular flexibility index (Phi) is 5.39. The van der Waals surface area contributed by atoms with Gasteiger partial charge in [-0.25, -0.2) is 0 Å². The van der Waals surface area contributed by atoms with Gasteiger partial charge in [-0.15, -0.1) is 0 Å². The molecular formula is C13H13BrINO4. The van der Waals surface area contributed by atoms with Crippen molar-refractivity contribution in [3.8, 4) is 5.75 Å². The van der Waals surface area contributed by atoms with Crippen molar-refractivity contribution in [1.82, 2.24) is 4.90 Å². The van der Waals surface area contributed by atoms with Crippen LogP contribution in [0.3, 0.4) is 0 Å². The fourth-order valence-corrected chi connectivity index (χ4v) is 3.45. The smallest absolute Gasteiger partial charge is 0.230 e. The molecule has 1 aromatic carbocycles. The number of nitrogens with zero attached hydrogens (tertiary/aromatic N) is 1. The third-order valence-corrected chi connectivity index (χ3v) is 4.28. The predicted molar refractivity (Wildman–Crippen MR) is 84.9 cm³/mol. The number of Topliss-reactive ketones (excluding diaryl/α,β-unsaturated/α-hetero) is 1. The minimum Gasteiger partial charge on any atom is -0.506 e. The van der Waals surface area contributed by atoms with E-state index in [2.05, 4.69) is 15.9 Å². The van der Waals surface area contributed by atoms with Gasteiger partial charge < -0.3 is 14.7 Å². The lowest BCUT2D eigenvalue weighted by atomic mass is 10.1. The summed E-state index contributed by atoms with van der Waals surface area (Å²) in [6.45, 7) is 2.02. The second kappa shape index (κ2) is 6.86. The molecule has 1 saturated heterocycles. The molecule has 20 heavy (non-hydrogen) atoms. The van der Waals surface area contributed by atoms with Crippen LogP contribution in [-0.2, 0) is 9.53 Å². The summed E-state index contributed by atoms with van der Waals surface area (Å²) < 4.78 is 6.43. The van der Waals surface area contributed by atoms with Crippen molar-refractivity contribution in [2.45, 2.75) is 6.42 Å². The van der Waals surface area contributed by atoms with Crippen LogP contribution in [0, 0.1) is 3.57 Å². The molecule has 0 aliphatic carbocycles. The first kappa shape index (κ1) is 15.7. The fraction of sp³-hybridized carbons (Fsp3) is 0.385. The SMILES string of the molecule is O=C(CC(=O)N1CCOCC1)c1cc(Br)cc(I)c1O. The summed E-state index contributed by atoms with van der Waals surface area (Å²) in [7, 11) is 0. The highest BCUT2D eigenvalue weighted by Gasteiger charge is 2.22. The number of amides is 1. The maximum absolute atomic E-state index is 12.2. The Bertz CT molecular complexity index is 543. The van der Waals surface area contributed by atoms with Gasteiger partial charge in [0.25, 0.3) is 0 Å². The van der Waals surface area contributed by atoms with Crippen molar-refractivity contribution in [2.24, 2.45) is 0 Å². The molecule has 7 heteroatoms. The van der Waals surface area contributed by atoms with E-state index in [-0.39, 0.29) is 29.4 Å². The van der Waals surface area contributed by atoms with Gasteiger partial charge in [-0.2, -0.15) is 0 Å². The first-order valence-electron chi connectivity index (χ1n) is 6.06. The number of morpholine rings is 1. The molecular weight excluding hydrogens is 441 g/mol. The van der Waals surface area contributed by atoms with Crippen molar-refractivity contribution < 1.29 is 19.4 Å². The Hall–Kier alpha value is -0.670. The molecule has 1 aliphatic rings. The molecule has 0 atom stereocenters. The fourth-order valence-electron chi connectivity index (χ4n) is 1.94. The Morgan fingerprint density at radius 2 is 2.00 bits per heavy atom. The molecule has 0 unspecified atom stereocenters. The van der Waals surface area contributed by atoms with Crippen LogP contribution in [0.15, 0.2) is 16.6 Å². The Morgan fingerprint density at radius 3 is 2.65 bits per heavy atom. The first-order chi connectivity index (χ1) is 9.49. The maximum atomic E-state index is 12.2. The second-order valence-electron chi connectivity index (χ2n) is 4.38. The summed E-state index contributed by atoms with van der Waals surface area (Å²) in [4.78, 5) is 25.8. The highest BCUT2D eigenvalue weighted by atomic mass is 127. The van der Waals surface area contributed by atoms with Crippen LogP contribution in [0.1, 0.15) is 16.8 Å². The summed E-state index contributed by atoms with van der Waals surface area (Å²) in [6.07, 6.45) is -0.236. The van der Waals surface area contributed by atoms with E-state index in [0.717, 1.165) is 0 Å². The van der Waals surface area contributed by atoms with E-state index in [1.807, 2.05) is 22.6 Å². The molecule has 1 aromatic rings. The van der Waals surface area contributed by atoms with Crippen molar-refractivity contribution in [2.75, 3.05) is 26.3 Å². The summed E-state index contributed by atoms with van der Waals surface area (Å²) in [5.41, 5.74) is 0.172. The van der Waals surface area contributed by atoms with Crippen LogP contribution in [0.5, 0.6) is 5.75 Å². The molecule has 1 amide bonds. The number of carbonyl (C=O) groups is 2. The first-order valence-corrected chi connectivity index (χ1v) is 7.93. The maximum Gasteiger partial charge on any atom is 0.230 e. The summed E-state index contributed by atoms with van der Waals surface area (Å²) in [6, 6.07) is 3.24. The van der Waals surface area contributed by atoms with Crippen molar-refractivity contribution in [3.05, 3.63) is 25.7 Å². The molecule has 1 aliphatic heterocycles. The van der Waals surface area contributed by atoms with Crippen LogP contribution in [0.2, 0.25) is 0 Å². The van der Waals surface area contributed by atoms with E-state index in [0.29, 0.717) is 34.3 Å². The monoisotopic (exact) mass is 453 g/mol. The zero-order valence-electron chi connectivity index (χ0n) is 10.6. The molecule has 1 N–H and O–H groups in total. The summed E-state index contributed by atoms with van der Waals surface area (Å²) >= 11 is 5.22. The van der Waals surface area contributed by atoms with Crippen LogP contribution >= 0.6 is 38.5 Å². The van der Waals surface area contributed by atoms with Gasteiger partial charge in [0.05, 0.1) is 28.8 Å². The van der Waals surface area contributed by atoms with Crippen molar-refractivity contribution in [3.63, 3.8) is 0 Å². The number of ether oxygens (including phenoxy) is 1. The molecule has 0 bridgehead atoms. The topological polar surface area (TPSA) is 66.8 Å². The van der Waals surface area contributed by atoms with E-state index >= 15 is 0 Å². The van der Waals surface area contributed by atoms with Crippen LogP contribution in [0.25, 0.3) is 0 Å². The van der Waals surface area contributed by atoms with Crippen LogP contribution in [-0.4, -0.2) is 48.0 Å². The second-order valence-corrected chi connectivity index (χ2v) is 6.45. The number of halogens is 2. The minimum absolute atomic E-state index is 0.0754. The molecule has 1 heterocycles. The van der Waals surface area contributed by atoms with Gasteiger partial charge in [-0.05, 0) is 34.7 Å². The van der Waals surface area contributed by atoms with E-state index in [1.54, 1.807) is 11.0 Å². The van der Waals surface area contributed by atoms with E-state index in [1.165, 1.54) is 6.07 Å². The Labute approximate surface area is 138 Å². The number of benzene rings is 1. The van der Waals surface area contributed by atoms with Gasteiger partial charge in [0.2, 0.25) is 5.91 Å².